The van der Waals surface area contributed by atoms with E-state index in [4.69, 9.17) is 11.6 Å². The molecular formula is C16H21ClF3N5. The third-order valence-electron chi connectivity index (χ3n) is 4.60. The second-order valence-electron chi connectivity index (χ2n) is 6.42. The number of hydrogen-bond acceptors (Lipinski definition) is 3. The Hall–Kier alpha value is -1.54. The molecular weight excluding hydrogens is 355 g/mol. The molecule has 0 bridgehead atoms. The zero-order valence-corrected chi connectivity index (χ0v) is 15.0. The quantitative estimate of drug-likeness (QED) is 0.873. The fourth-order valence-corrected chi connectivity index (χ4v) is 3.49. The number of aromatic nitrogens is 4. The van der Waals surface area contributed by atoms with E-state index >= 15 is 0 Å². The number of nitrogens with zero attached hydrogens (tertiary/aromatic N) is 4. The minimum absolute atomic E-state index is 0.267. The lowest BCUT2D eigenvalue weighted by atomic mass is 9.99. The molecule has 9 heteroatoms. The summed E-state index contributed by atoms with van der Waals surface area (Å²) in [5, 5.41) is 8.37. The van der Waals surface area contributed by atoms with Gasteiger partial charge in [-0.25, -0.2) is 4.98 Å². The molecule has 1 N–H and O–H groups in total. The third kappa shape index (κ3) is 3.84. The van der Waals surface area contributed by atoms with E-state index in [-0.39, 0.29) is 5.92 Å². The number of imidazole rings is 1. The van der Waals surface area contributed by atoms with E-state index in [1.165, 1.54) is 0 Å². The average Bonchev–Trinajstić information content (AvgIpc) is 3.10. The maximum Gasteiger partial charge on any atom is 0.434 e. The van der Waals surface area contributed by atoms with Crippen molar-refractivity contribution >= 4 is 11.6 Å². The number of nitrogens with one attached hydrogen (secondary N) is 1. The molecule has 0 aliphatic carbocycles. The summed E-state index contributed by atoms with van der Waals surface area (Å²) in [5.41, 5.74) is 1.16. The first-order chi connectivity index (χ1) is 11.8. The van der Waals surface area contributed by atoms with Gasteiger partial charge in [0.05, 0.1) is 5.69 Å². The lowest BCUT2D eigenvalue weighted by molar-refractivity contribution is -0.141. The highest BCUT2D eigenvalue weighted by Gasteiger charge is 2.35. The Bertz CT molecular complexity index is 750. The van der Waals surface area contributed by atoms with Crippen molar-refractivity contribution in [3.63, 3.8) is 0 Å². The lowest BCUT2D eigenvalue weighted by Gasteiger charge is -2.24. The summed E-state index contributed by atoms with van der Waals surface area (Å²) >= 11 is 6.27. The molecule has 3 rings (SSSR count). The number of halogens is 4. The molecule has 0 amide bonds. The van der Waals surface area contributed by atoms with Crippen molar-refractivity contribution in [3.8, 4) is 0 Å². The largest absolute Gasteiger partial charge is 0.434 e. The molecule has 138 valence electrons. The Morgan fingerprint density at radius 1 is 1.40 bits per heavy atom. The highest BCUT2D eigenvalue weighted by atomic mass is 35.5. The molecule has 1 aliphatic rings. The van der Waals surface area contributed by atoms with Gasteiger partial charge in [0.2, 0.25) is 0 Å². The van der Waals surface area contributed by atoms with Crippen molar-refractivity contribution < 1.29 is 13.2 Å². The molecule has 0 saturated carbocycles. The molecule has 0 spiro atoms. The first-order valence-corrected chi connectivity index (χ1v) is 8.71. The Morgan fingerprint density at radius 3 is 2.84 bits per heavy atom. The number of hydrogen-bond donors (Lipinski definition) is 1. The standard InChI is InChI=1S/C16H21ClF3N5/c1-3-12-11(15(17)24(2)23-12)7-21-6-10-4-5-14-22-13(16(18,19)20)9-25(14)8-10/h9-10,21H,3-8H2,1-2H3. The SMILES string of the molecule is CCc1nn(C)c(Cl)c1CNCC1CCc2nc(C(F)(F)F)cn2C1. The van der Waals surface area contributed by atoms with Crippen molar-refractivity contribution in [2.75, 3.05) is 6.54 Å². The van der Waals surface area contributed by atoms with Gasteiger partial charge in [0.15, 0.2) is 5.69 Å². The molecule has 3 heterocycles. The van der Waals surface area contributed by atoms with Gasteiger partial charge in [-0.2, -0.15) is 18.3 Å². The average molecular weight is 376 g/mol. The van der Waals surface area contributed by atoms with Crippen LogP contribution < -0.4 is 5.32 Å². The summed E-state index contributed by atoms with van der Waals surface area (Å²) in [7, 11) is 1.81. The van der Waals surface area contributed by atoms with Crippen molar-refractivity contribution in [1.29, 1.82) is 0 Å². The van der Waals surface area contributed by atoms with E-state index in [2.05, 4.69) is 15.4 Å². The van der Waals surface area contributed by atoms with E-state index in [1.54, 1.807) is 9.25 Å². The maximum atomic E-state index is 12.8. The predicted molar refractivity (Wildman–Crippen MR) is 88.3 cm³/mol. The number of aryl methyl sites for hydroxylation is 3. The van der Waals surface area contributed by atoms with Gasteiger partial charge < -0.3 is 9.88 Å². The van der Waals surface area contributed by atoms with Gasteiger partial charge in [0.1, 0.15) is 11.0 Å². The van der Waals surface area contributed by atoms with Crippen LogP contribution in [0.2, 0.25) is 5.15 Å². The van der Waals surface area contributed by atoms with E-state index in [0.717, 1.165) is 30.3 Å². The van der Waals surface area contributed by atoms with Crippen molar-refractivity contribution in [2.24, 2.45) is 13.0 Å². The zero-order valence-electron chi connectivity index (χ0n) is 14.2. The summed E-state index contributed by atoms with van der Waals surface area (Å²) in [4.78, 5) is 3.71. The van der Waals surface area contributed by atoms with Crippen LogP contribution in [0.5, 0.6) is 0 Å². The topological polar surface area (TPSA) is 47.7 Å². The third-order valence-corrected chi connectivity index (χ3v) is 5.08. The van der Waals surface area contributed by atoms with Crippen LogP contribution >= 0.6 is 11.6 Å². The van der Waals surface area contributed by atoms with Crippen LogP contribution in [-0.4, -0.2) is 25.9 Å². The van der Waals surface area contributed by atoms with Gasteiger partial charge in [0.25, 0.3) is 0 Å². The Balaban J connectivity index is 1.58. The highest BCUT2D eigenvalue weighted by Crippen LogP contribution is 2.30. The number of fused-ring (bicyclic) bond motifs is 1. The molecule has 0 aromatic carbocycles. The monoisotopic (exact) mass is 375 g/mol. The summed E-state index contributed by atoms with van der Waals surface area (Å²) in [6, 6.07) is 0. The number of alkyl halides is 3. The van der Waals surface area contributed by atoms with Gasteiger partial charge in [-0.15, -0.1) is 0 Å². The van der Waals surface area contributed by atoms with Crippen molar-refractivity contribution in [1.82, 2.24) is 24.6 Å². The summed E-state index contributed by atoms with van der Waals surface area (Å²) in [5.74, 6) is 0.787. The molecule has 2 aromatic heterocycles. The summed E-state index contributed by atoms with van der Waals surface area (Å²) < 4.78 is 41.6. The van der Waals surface area contributed by atoms with Crippen LogP contribution in [-0.2, 0) is 39.2 Å². The fraction of sp³-hybridized carbons (Fsp3) is 0.625. The van der Waals surface area contributed by atoms with E-state index in [9.17, 15) is 13.2 Å². The lowest BCUT2D eigenvalue weighted by Crippen LogP contribution is -2.30. The maximum absolute atomic E-state index is 12.8. The summed E-state index contributed by atoms with van der Waals surface area (Å²) in [6.07, 6.45) is -1.07. The first-order valence-electron chi connectivity index (χ1n) is 8.33. The summed E-state index contributed by atoms with van der Waals surface area (Å²) in [6.45, 7) is 3.90. The van der Waals surface area contributed by atoms with Crippen LogP contribution in [0.1, 0.15) is 36.1 Å². The number of rotatable bonds is 5. The molecule has 0 fully saturated rings. The molecule has 1 atom stereocenters. The molecule has 25 heavy (non-hydrogen) atoms. The van der Waals surface area contributed by atoms with Gasteiger partial charge in [-0.1, -0.05) is 18.5 Å². The Labute approximate surface area is 149 Å². The fourth-order valence-electron chi connectivity index (χ4n) is 3.28. The van der Waals surface area contributed by atoms with Crippen LogP contribution in [0.3, 0.4) is 0 Å². The minimum Gasteiger partial charge on any atom is -0.334 e. The molecule has 5 nitrogen and oxygen atoms in total. The molecule has 0 saturated heterocycles. The van der Waals surface area contributed by atoms with E-state index in [1.807, 2.05) is 14.0 Å². The Kier molecular flexibility index (Phi) is 5.11. The van der Waals surface area contributed by atoms with Gasteiger partial charge >= 0.3 is 6.18 Å². The highest BCUT2D eigenvalue weighted by molar-refractivity contribution is 6.30. The van der Waals surface area contributed by atoms with Gasteiger partial charge in [-0.05, 0) is 25.3 Å². The zero-order chi connectivity index (χ0) is 18.2. The van der Waals surface area contributed by atoms with Crippen molar-refractivity contribution in [2.45, 2.75) is 45.5 Å². The Morgan fingerprint density at radius 2 is 2.16 bits per heavy atom. The molecule has 1 aliphatic heterocycles. The molecule has 1 unspecified atom stereocenters. The molecule has 0 radical (unpaired) electrons. The van der Waals surface area contributed by atoms with Crippen LogP contribution in [0.15, 0.2) is 6.20 Å². The second-order valence-corrected chi connectivity index (χ2v) is 6.78. The van der Waals surface area contributed by atoms with Gasteiger partial charge in [-0.3, -0.25) is 4.68 Å². The normalized spacial score (nSPS) is 17.8. The van der Waals surface area contributed by atoms with Crippen molar-refractivity contribution in [3.05, 3.63) is 34.1 Å². The van der Waals surface area contributed by atoms with E-state index in [0.29, 0.717) is 37.0 Å². The van der Waals surface area contributed by atoms with Crippen LogP contribution in [0, 0.1) is 5.92 Å². The van der Waals surface area contributed by atoms with Crippen LogP contribution in [0.25, 0.3) is 0 Å². The van der Waals surface area contributed by atoms with Crippen LogP contribution in [0.4, 0.5) is 13.2 Å². The van der Waals surface area contributed by atoms with Gasteiger partial charge in [0, 0.05) is 38.3 Å². The minimum atomic E-state index is -4.38. The second kappa shape index (κ2) is 6.99. The van der Waals surface area contributed by atoms with E-state index < -0.39 is 11.9 Å². The predicted octanol–water partition coefficient (Wildman–Crippen LogP) is 3.20. The molecule has 2 aromatic rings. The smallest absolute Gasteiger partial charge is 0.334 e. The first kappa shape index (κ1) is 18.3.